The molecule has 0 atom stereocenters. The van der Waals surface area contributed by atoms with Crippen LogP contribution in [0.15, 0.2) is 72.8 Å². The SMILES string of the molecule is Cc1cccc(CS(=O)(=O)Nc2cc(-c3ccccc3)ccc2C(=O)O)c1. The molecule has 0 aliphatic heterocycles. The zero-order valence-electron chi connectivity index (χ0n) is 14.7. The van der Waals surface area contributed by atoms with Crippen molar-refractivity contribution in [3.63, 3.8) is 0 Å². The van der Waals surface area contributed by atoms with Crippen molar-refractivity contribution >= 4 is 21.7 Å². The number of aryl methyl sites for hydroxylation is 1. The van der Waals surface area contributed by atoms with E-state index in [1.54, 1.807) is 30.3 Å². The molecular formula is C21H19NO4S. The van der Waals surface area contributed by atoms with Crippen molar-refractivity contribution in [1.29, 1.82) is 0 Å². The van der Waals surface area contributed by atoms with E-state index in [0.29, 0.717) is 5.56 Å². The number of sulfonamides is 1. The van der Waals surface area contributed by atoms with E-state index in [4.69, 9.17) is 0 Å². The molecule has 0 amide bonds. The van der Waals surface area contributed by atoms with Crippen LogP contribution in [0, 0.1) is 6.92 Å². The number of hydrogen-bond acceptors (Lipinski definition) is 3. The Morgan fingerprint density at radius 2 is 1.67 bits per heavy atom. The zero-order valence-corrected chi connectivity index (χ0v) is 15.5. The maximum absolute atomic E-state index is 12.6. The van der Waals surface area contributed by atoms with Crippen molar-refractivity contribution in [2.75, 3.05) is 4.72 Å². The van der Waals surface area contributed by atoms with Gasteiger partial charge in [0.25, 0.3) is 0 Å². The van der Waals surface area contributed by atoms with Crippen LogP contribution in [0.5, 0.6) is 0 Å². The second-order valence-electron chi connectivity index (χ2n) is 6.28. The fourth-order valence-corrected chi connectivity index (χ4v) is 4.04. The Hall–Kier alpha value is -3.12. The Labute approximate surface area is 158 Å². The van der Waals surface area contributed by atoms with E-state index in [1.807, 2.05) is 43.3 Å². The van der Waals surface area contributed by atoms with E-state index in [0.717, 1.165) is 16.7 Å². The summed E-state index contributed by atoms with van der Waals surface area (Å²) in [5.41, 5.74) is 3.15. The van der Waals surface area contributed by atoms with Gasteiger partial charge in [0, 0.05) is 0 Å². The van der Waals surface area contributed by atoms with Gasteiger partial charge < -0.3 is 5.11 Å². The zero-order chi connectivity index (χ0) is 19.4. The molecule has 0 unspecified atom stereocenters. The lowest BCUT2D eigenvalue weighted by atomic mass is 10.0. The first-order valence-corrected chi connectivity index (χ1v) is 9.98. The predicted octanol–water partition coefficient (Wildman–Crippen LogP) is 4.30. The van der Waals surface area contributed by atoms with Gasteiger partial charge in [-0.05, 0) is 35.7 Å². The first kappa shape index (κ1) is 18.7. The Bertz CT molecular complexity index is 1080. The minimum absolute atomic E-state index is 0.0523. The minimum Gasteiger partial charge on any atom is -0.478 e. The van der Waals surface area contributed by atoms with E-state index in [2.05, 4.69) is 4.72 Å². The number of carbonyl (C=O) groups is 1. The highest BCUT2D eigenvalue weighted by atomic mass is 32.2. The molecule has 138 valence electrons. The summed E-state index contributed by atoms with van der Waals surface area (Å²) in [5, 5.41) is 9.42. The van der Waals surface area contributed by atoms with E-state index >= 15 is 0 Å². The monoisotopic (exact) mass is 381 g/mol. The summed E-state index contributed by atoms with van der Waals surface area (Å²) in [6, 6.07) is 21.2. The molecule has 0 saturated heterocycles. The van der Waals surface area contributed by atoms with Crippen LogP contribution in [0.25, 0.3) is 11.1 Å². The predicted molar refractivity (Wildman–Crippen MR) is 106 cm³/mol. The number of aromatic carboxylic acids is 1. The van der Waals surface area contributed by atoms with Gasteiger partial charge in [0.2, 0.25) is 10.0 Å². The molecule has 0 heterocycles. The van der Waals surface area contributed by atoms with Crippen LogP contribution in [0.4, 0.5) is 5.69 Å². The summed E-state index contributed by atoms with van der Waals surface area (Å²) in [6.07, 6.45) is 0. The molecule has 0 aromatic heterocycles. The van der Waals surface area contributed by atoms with Gasteiger partial charge in [-0.15, -0.1) is 0 Å². The van der Waals surface area contributed by atoms with Crippen LogP contribution in [0.1, 0.15) is 21.5 Å². The summed E-state index contributed by atoms with van der Waals surface area (Å²) in [6.45, 7) is 1.88. The molecule has 0 radical (unpaired) electrons. The van der Waals surface area contributed by atoms with E-state index in [9.17, 15) is 18.3 Å². The third-order valence-electron chi connectivity index (χ3n) is 4.06. The number of anilines is 1. The molecule has 3 aromatic rings. The molecule has 0 bridgehead atoms. The number of nitrogens with one attached hydrogen (secondary N) is 1. The van der Waals surface area contributed by atoms with Gasteiger partial charge in [-0.2, -0.15) is 0 Å². The molecule has 0 aliphatic rings. The Morgan fingerprint density at radius 1 is 0.926 bits per heavy atom. The van der Waals surface area contributed by atoms with Gasteiger partial charge >= 0.3 is 5.97 Å². The lowest BCUT2D eigenvalue weighted by molar-refractivity contribution is 0.0698. The van der Waals surface area contributed by atoms with Crippen LogP contribution in [-0.2, 0) is 15.8 Å². The first-order chi connectivity index (χ1) is 12.8. The fraction of sp³-hybridized carbons (Fsp3) is 0.0952. The minimum atomic E-state index is -3.77. The summed E-state index contributed by atoms with van der Waals surface area (Å²) in [5.74, 6) is -1.42. The van der Waals surface area contributed by atoms with Gasteiger partial charge in [0.15, 0.2) is 0 Å². The lowest BCUT2D eigenvalue weighted by Crippen LogP contribution is -2.17. The van der Waals surface area contributed by atoms with Crippen molar-refractivity contribution in [2.24, 2.45) is 0 Å². The van der Waals surface area contributed by atoms with Crippen molar-refractivity contribution in [3.8, 4) is 11.1 Å². The summed E-state index contributed by atoms with van der Waals surface area (Å²) < 4.78 is 27.6. The molecule has 0 spiro atoms. The van der Waals surface area contributed by atoms with Gasteiger partial charge in [-0.3, -0.25) is 4.72 Å². The van der Waals surface area contributed by atoms with Crippen LogP contribution >= 0.6 is 0 Å². The molecule has 3 rings (SSSR count). The number of rotatable bonds is 6. The second kappa shape index (κ2) is 7.63. The van der Waals surface area contributed by atoms with Crippen molar-refractivity contribution < 1.29 is 18.3 Å². The fourth-order valence-electron chi connectivity index (χ4n) is 2.85. The summed E-state index contributed by atoms with van der Waals surface area (Å²) >= 11 is 0. The van der Waals surface area contributed by atoms with Crippen molar-refractivity contribution in [2.45, 2.75) is 12.7 Å². The third-order valence-corrected chi connectivity index (χ3v) is 5.31. The third kappa shape index (κ3) is 4.74. The lowest BCUT2D eigenvalue weighted by Gasteiger charge is -2.13. The Balaban J connectivity index is 1.95. The normalized spacial score (nSPS) is 11.1. The molecule has 0 fully saturated rings. The molecule has 3 aromatic carbocycles. The van der Waals surface area contributed by atoms with Gasteiger partial charge in [0.05, 0.1) is 17.0 Å². The molecule has 2 N–H and O–H groups in total. The molecular weight excluding hydrogens is 362 g/mol. The Morgan fingerprint density at radius 3 is 2.33 bits per heavy atom. The van der Waals surface area contributed by atoms with Crippen molar-refractivity contribution in [3.05, 3.63) is 89.5 Å². The molecule has 0 saturated carbocycles. The van der Waals surface area contributed by atoms with E-state index < -0.39 is 16.0 Å². The maximum atomic E-state index is 12.6. The summed E-state index contributed by atoms with van der Waals surface area (Å²) in [4.78, 5) is 11.5. The molecule has 5 nitrogen and oxygen atoms in total. The Kier molecular flexibility index (Phi) is 5.28. The highest BCUT2D eigenvalue weighted by Gasteiger charge is 2.18. The van der Waals surface area contributed by atoms with Crippen molar-refractivity contribution in [1.82, 2.24) is 0 Å². The van der Waals surface area contributed by atoms with Crippen LogP contribution in [-0.4, -0.2) is 19.5 Å². The molecule has 27 heavy (non-hydrogen) atoms. The number of benzene rings is 3. The average Bonchev–Trinajstić information content (AvgIpc) is 2.61. The quantitative estimate of drug-likeness (QED) is 0.667. The van der Waals surface area contributed by atoms with Gasteiger partial charge in [0.1, 0.15) is 0 Å². The average molecular weight is 381 g/mol. The largest absolute Gasteiger partial charge is 0.478 e. The van der Waals surface area contributed by atoms with Gasteiger partial charge in [-0.1, -0.05) is 66.2 Å². The molecule has 6 heteroatoms. The van der Waals surface area contributed by atoms with Crippen LogP contribution in [0.2, 0.25) is 0 Å². The highest BCUT2D eigenvalue weighted by Crippen LogP contribution is 2.27. The topological polar surface area (TPSA) is 83.5 Å². The standard InChI is InChI=1S/C21H19NO4S/c1-15-6-5-7-16(12-15)14-27(25,26)22-20-13-18(10-11-19(20)21(23)24)17-8-3-2-4-9-17/h2-13,22H,14H2,1H3,(H,23,24). The van der Waals surface area contributed by atoms with E-state index in [-0.39, 0.29) is 17.0 Å². The van der Waals surface area contributed by atoms with E-state index in [1.165, 1.54) is 6.07 Å². The maximum Gasteiger partial charge on any atom is 0.337 e. The highest BCUT2D eigenvalue weighted by molar-refractivity contribution is 7.91. The summed E-state index contributed by atoms with van der Waals surface area (Å²) in [7, 11) is -3.77. The van der Waals surface area contributed by atoms with Gasteiger partial charge in [-0.25, -0.2) is 13.2 Å². The van der Waals surface area contributed by atoms with Crippen LogP contribution < -0.4 is 4.72 Å². The molecule has 0 aliphatic carbocycles. The number of carboxylic acid groups (broad SMARTS) is 1. The number of hydrogen-bond donors (Lipinski definition) is 2. The van der Waals surface area contributed by atoms with Crippen LogP contribution in [0.3, 0.4) is 0 Å². The second-order valence-corrected chi connectivity index (χ2v) is 8.00. The first-order valence-electron chi connectivity index (χ1n) is 8.33. The smallest absolute Gasteiger partial charge is 0.337 e. The number of carboxylic acids is 1.